The summed E-state index contributed by atoms with van der Waals surface area (Å²) >= 11 is 9.47. The maximum Gasteiger partial charge on any atom is 0.0943 e. The highest BCUT2D eigenvalue weighted by atomic mass is 35.5. The molecule has 2 nitrogen and oxygen atoms in total. The number of hydrogen-bond donors (Lipinski definition) is 1. The van der Waals surface area contributed by atoms with Crippen molar-refractivity contribution in [3.8, 4) is 0 Å². The van der Waals surface area contributed by atoms with E-state index in [-0.39, 0.29) is 0 Å². The smallest absolute Gasteiger partial charge is 0.0943 e. The zero-order valence-corrected chi connectivity index (χ0v) is 13.4. The Morgan fingerprint density at radius 2 is 2.11 bits per heavy atom. The van der Waals surface area contributed by atoms with E-state index < -0.39 is 0 Å². The fourth-order valence-electron chi connectivity index (χ4n) is 1.68. The summed E-state index contributed by atoms with van der Waals surface area (Å²) in [6.45, 7) is 2.04. The summed E-state index contributed by atoms with van der Waals surface area (Å²) in [5.74, 6) is 1.02. The first-order valence-electron chi connectivity index (χ1n) is 6.14. The van der Waals surface area contributed by atoms with E-state index in [9.17, 15) is 0 Å². The van der Waals surface area contributed by atoms with Crippen LogP contribution in [0.2, 0.25) is 5.02 Å². The minimum absolute atomic E-state index is 0.436. The van der Waals surface area contributed by atoms with Crippen molar-refractivity contribution in [2.75, 3.05) is 12.8 Å². The third kappa shape index (κ3) is 4.80. The van der Waals surface area contributed by atoms with E-state index in [0.717, 1.165) is 22.9 Å². The summed E-state index contributed by atoms with van der Waals surface area (Å²) in [6.07, 6.45) is 0.982. The Morgan fingerprint density at radius 1 is 1.37 bits per heavy atom. The topological polar surface area (TPSA) is 24.9 Å². The summed E-state index contributed by atoms with van der Waals surface area (Å²) in [5.41, 5.74) is 1.11. The van der Waals surface area contributed by atoms with Crippen LogP contribution in [0.1, 0.15) is 10.7 Å². The molecule has 5 heteroatoms. The van der Waals surface area contributed by atoms with Crippen LogP contribution in [0.3, 0.4) is 0 Å². The summed E-state index contributed by atoms with van der Waals surface area (Å²) < 4.78 is 0. The number of rotatable bonds is 6. The van der Waals surface area contributed by atoms with E-state index in [0.29, 0.717) is 6.04 Å². The van der Waals surface area contributed by atoms with E-state index in [1.807, 2.05) is 37.9 Å². The maximum atomic E-state index is 5.88. The lowest BCUT2D eigenvalue weighted by Gasteiger charge is -2.14. The highest BCUT2D eigenvalue weighted by Gasteiger charge is 2.10. The van der Waals surface area contributed by atoms with Crippen LogP contribution in [0.5, 0.6) is 0 Å². The molecule has 1 N–H and O–H groups in total. The molecular formula is C14H17ClN2S2. The van der Waals surface area contributed by atoms with Crippen LogP contribution in [-0.4, -0.2) is 23.8 Å². The molecule has 0 aliphatic rings. The molecule has 2 aromatic rings. The Labute approximate surface area is 127 Å². The maximum absolute atomic E-state index is 5.88. The van der Waals surface area contributed by atoms with Crippen LogP contribution in [-0.2, 0) is 6.42 Å². The molecule has 1 unspecified atom stereocenters. The molecule has 0 amide bonds. The molecule has 0 aliphatic heterocycles. The van der Waals surface area contributed by atoms with Crippen molar-refractivity contribution < 1.29 is 0 Å². The molecular weight excluding hydrogens is 296 g/mol. The Bertz CT molecular complexity index is 510. The van der Waals surface area contributed by atoms with Crippen LogP contribution in [0.15, 0.2) is 34.5 Å². The molecule has 1 atom stereocenters. The van der Waals surface area contributed by atoms with Crippen LogP contribution in [0, 0.1) is 6.92 Å². The first-order valence-corrected chi connectivity index (χ1v) is 8.38. The van der Waals surface area contributed by atoms with Crippen molar-refractivity contribution >= 4 is 34.7 Å². The van der Waals surface area contributed by atoms with Crippen LogP contribution < -0.4 is 5.32 Å². The Hall–Kier alpha value is -0.550. The first-order chi connectivity index (χ1) is 9.17. The number of likely N-dealkylation sites (N-methyl/N-ethyl adjacent to an activating group) is 1. The van der Waals surface area contributed by atoms with Crippen LogP contribution >= 0.6 is 34.7 Å². The molecule has 0 bridgehead atoms. The van der Waals surface area contributed by atoms with Gasteiger partial charge >= 0.3 is 0 Å². The fraction of sp³-hybridized carbons (Fsp3) is 0.357. The van der Waals surface area contributed by atoms with E-state index in [2.05, 4.69) is 27.8 Å². The van der Waals surface area contributed by atoms with Crippen molar-refractivity contribution in [1.29, 1.82) is 0 Å². The van der Waals surface area contributed by atoms with Gasteiger partial charge in [0.15, 0.2) is 0 Å². The van der Waals surface area contributed by atoms with E-state index in [1.54, 1.807) is 11.3 Å². The number of thiazole rings is 1. The minimum Gasteiger partial charge on any atom is -0.316 e. The molecule has 19 heavy (non-hydrogen) atoms. The van der Waals surface area contributed by atoms with Crippen molar-refractivity contribution in [2.24, 2.45) is 0 Å². The molecule has 1 aromatic carbocycles. The van der Waals surface area contributed by atoms with E-state index in [4.69, 9.17) is 11.6 Å². The standard InChI is InChI=1S/C14H17ClN2S2/c1-10-8-19-14(17-10)7-12(16-2)9-18-13-5-3-11(15)4-6-13/h3-6,8,12,16H,7,9H2,1-2H3. The number of halogens is 1. The quantitative estimate of drug-likeness (QED) is 0.815. The van der Waals surface area contributed by atoms with Gasteiger partial charge in [0.2, 0.25) is 0 Å². The van der Waals surface area contributed by atoms with Gasteiger partial charge in [-0.15, -0.1) is 23.1 Å². The number of nitrogens with one attached hydrogen (secondary N) is 1. The molecule has 2 rings (SSSR count). The summed E-state index contributed by atoms with van der Waals surface area (Å²) in [5, 5.41) is 7.45. The van der Waals surface area contributed by atoms with Gasteiger partial charge in [-0.1, -0.05) is 11.6 Å². The monoisotopic (exact) mass is 312 g/mol. The molecule has 0 saturated carbocycles. The van der Waals surface area contributed by atoms with Gasteiger partial charge < -0.3 is 5.32 Å². The van der Waals surface area contributed by atoms with E-state index >= 15 is 0 Å². The second-order valence-electron chi connectivity index (χ2n) is 4.34. The lowest BCUT2D eigenvalue weighted by Crippen LogP contribution is -2.30. The number of benzene rings is 1. The van der Waals surface area contributed by atoms with Gasteiger partial charge in [0, 0.05) is 39.2 Å². The zero-order valence-electron chi connectivity index (χ0n) is 11.0. The second kappa shape index (κ2) is 7.29. The summed E-state index contributed by atoms with van der Waals surface area (Å²) in [4.78, 5) is 5.77. The van der Waals surface area contributed by atoms with Crippen molar-refractivity contribution in [3.63, 3.8) is 0 Å². The Kier molecular flexibility index (Phi) is 5.70. The zero-order chi connectivity index (χ0) is 13.7. The highest BCUT2D eigenvalue weighted by Crippen LogP contribution is 2.22. The lowest BCUT2D eigenvalue weighted by atomic mass is 10.2. The van der Waals surface area contributed by atoms with Gasteiger partial charge in [-0.05, 0) is 38.2 Å². The predicted octanol–water partition coefficient (Wildman–Crippen LogP) is 4.03. The second-order valence-corrected chi connectivity index (χ2v) is 6.81. The molecule has 1 aromatic heterocycles. The first kappa shape index (κ1) is 14.9. The summed E-state index contributed by atoms with van der Waals surface area (Å²) in [6, 6.07) is 8.43. The van der Waals surface area contributed by atoms with Crippen molar-refractivity contribution in [2.45, 2.75) is 24.3 Å². The average molecular weight is 313 g/mol. The molecule has 0 aliphatic carbocycles. The number of hydrogen-bond acceptors (Lipinski definition) is 4. The number of aromatic nitrogens is 1. The highest BCUT2D eigenvalue weighted by molar-refractivity contribution is 7.99. The Morgan fingerprint density at radius 3 is 2.68 bits per heavy atom. The van der Waals surface area contributed by atoms with Gasteiger partial charge in [0.05, 0.1) is 5.01 Å². The third-order valence-corrected chi connectivity index (χ3v) is 5.18. The number of thioether (sulfide) groups is 1. The van der Waals surface area contributed by atoms with Gasteiger partial charge in [-0.2, -0.15) is 0 Å². The Balaban J connectivity index is 1.87. The molecule has 102 valence electrons. The molecule has 0 spiro atoms. The average Bonchev–Trinajstić information content (AvgIpc) is 2.82. The molecule has 0 radical (unpaired) electrons. The summed E-state index contributed by atoms with van der Waals surface area (Å²) in [7, 11) is 2.01. The lowest BCUT2D eigenvalue weighted by molar-refractivity contribution is 0.615. The van der Waals surface area contributed by atoms with Crippen molar-refractivity contribution in [1.82, 2.24) is 10.3 Å². The molecule has 0 fully saturated rings. The fourth-order valence-corrected chi connectivity index (χ4v) is 3.67. The van der Waals surface area contributed by atoms with Gasteiger partial charge in [0.25, 0.3) is 0 Å². The number of aryl methyl sites for hydroxylation is 1. The van der Waals surface area contributed by atoms with E-state index in [1.165, 1.54) is 9.90 Å². The van der Waals surface area contributed by atoms with Crippen molar-refractivity contribution in [3.05, 3.63) is 45.4 Å². The normalized spacial score (nSPS) is 12.6. The van der Waals surface area contributed by atoms with Crippen LogP contribution in [0.4, 0.5) is 0 Å². The largest absolute Gasteiger partial charge is 0.316 e. The minimum atomic E-state index is 0.436. The molecule has 1 heterocycles. The van der Waals surface area contributed by atoms with Gasteiger partial charge in [-0.25, -0.2) is 4.98 Å². The predicted molar refractivity (Wildman–Crippen MR) is 85.6 cm³/mol. The number of nitrogens with zero attached hydrogens (tertiary/aromatic N) is 1. The molecule has 0 saturated heterocycles. The van der Waals surface area contributed by atoms with Gasteiger partial charge in [-0.3, -0.25) is 0 Å². The van der Waals surface area contributed by atoms with Gasteiger partial charge in [0.1, 0.15) is 0 Å². The SMILES string of the molecule is CNC(CSc1ccc(Cl)cc1)Cc1nc(C)cs1. The third-order valence-electron chi connectivity index (χ3n) is 2.76. The van der Waals surface area contributed by atoms with Crippen LogP contribution in [0.25, 0.3) is 0 Å².